The number of para-hydroxylation sites is 1. The fraction of sp³-hybridized carbons (Fsp3) is 0.333. The molecule has 0 heterocycles. The molecule has 6 heteroatoms. The standard InChI is InChI=1S/C12H14O5.Na/c1-16-10(13)6-8-4-3-5-9(12(8)15)7-11(14)17-2;/h3-5,15H,6-7H2,1-2H3;/q;+1/p-1. The van der Waals surface area contributed by atoms with Crippen molar-refractivity contribution in [3.05, 3.63) is 29.3 Å². The number of carbonyl (C=O) groups is 2. The zero-order chi connectivity index (χ0) is 12.8. The van der Waals surface area contributed by atoms with Crippen molar-refractivity contribution in [1.82, 2.24) is 0 Å². The molecule has 1 aromatic rings. The zero-order valence-corrected chi connectivity index (χ0v) is 12.7. The number of rotatable bonds is 4. The van der Waals surface area contributed by atoms with Crippen molar-refractivity contribution in [3.8, 4) is 5.75 Å². The Morgan fingerprint density at radius 1 is 1.06 bits per heavy atom. The minimum Gasteiger partial charge on any atom is -0.872 e. The van der Waals surface area contributed by atoms with E-state index in [0.717, 1.165) is 0 Å². The second kappa shape index (κ2) is 8.13. The van der Waals surface area contributed by atoms with Crippen molar-refractivity contribution >= 4 is 11.9 Å². The largest absolute Gasteiger partial charge is 1.00 e. The molecule has 0 bridgehead atoms. The zero-order valence-electron chi connectivity index (χ0n) is 10.7. The molecule has 0 atom stereocenters. The molecule has 0 unspecified atom stereocenters. The van der Waals surface area contributed by atoms with Gasteiger partial charge in [0.25, 0.3) is 0 Å². The van der Waals surface area contributed by atoms with Gasteiger partial charge in [0.05, 0.1) is 27.1 Å². The van der Waals surface area contributed by atoms with Crippen LogP contribution in [0.2, 0.25) is 0 Å². The molecule has 0 aliphatic rings. The molecule has 0 radical (unpaired) electrons. The van der Waals surface area contributed by atoms with E-state index in [4.69, 9.17) is 0 Å². The predicted molar refractivity (Wildman–Crippen MR) is 57.3 cm³/mol. The number of carbonyl (C=O) groups excluding carboxylic acids is 2. The van der Waals surface area contributed by atoms with Crippen molar-refractivity contribution in [2.45, 2.75) is 12.8 Å². The Morgan fingerprint density at radius 2 is 1.44 bits per heavy atom. The summed E-state index contributed by atoms with van der Waals surface area (Å²) in [4.78, 5) is 22.1. The third-order valence-electron chi connectivity index (χ3n) is 2.30. The monoisotopic (exact) mass is 260 g/mol. The Kier molecular flexibility index (Phi) is 7.66. The van der Waals surface area contributed by atoms with Crippen LogP contribution in [0.25, 0.3) is 0 Å². The molecular formula is C12H13NaO5. The summed E-state index contributed by atoms with van der Waals surface area (Å²) < 4.78 is 8.96. The summed E-state index contributed by atoms with van der Waals surface area (Å²) in [5, 5.41) is 11.9. The second-order valence-corrected chi connectivity index (χ2v) is 3.41. The summed E-state index contributed by atoms with van der Waals surface area (Å²) in [5.41, 5.74) is 0.636. The summed E-state index contributed by atoms with van der Waals surface area (Å²) >= 11 is 0. The van der Waals surface area contributed by atoms with Crippen molar-refractivity contribution in [1.29, 1.82) is 0 Å². The van der Waals surface area contributed by atoms with Crippen LogP contribution in [0.1, 0.15) is 11.1 Å². The van der Waals surface area contributed by atoms with Crippen LogP contribution in [-0.4, -0.2) is 26.2 Å². The summed E-state index contributed by atoms with van der Waals surface area (Å²) in [7, 11) is 2.51. The molecule has 18 heavy (non-hydrogen) atoms. The molecule has 1 rings (SSSR count). The average Bonchev–Trinajstić information content (AvgIpc) is 2.33. The van der Waals surface area contributed by atoms with Crippen LogP contribution in [0, 0.1) is 0 Å². The second-order valence-electron chi connectivity index (χ2n) is 3.41. The summed E-state index contributed by atoms with van der Waals surface area (Å²) in [6, 6.07) is 4.71. The Labute approximate surface area is 127 Å². The Balaban J connectivity index is 0.00000289. The molecule has 0 saturated carbocycles. The quantitative estimate of drug-likeness (QED) is 0.431. The number of benzene rings is 1. The van der Waals surface area contributed by atoms with Gasteiger partial charge in [0.2, 0.25) is 0 Å². The molecule has 0 N–H and O–H groups in total. The third-order valence-corrected chi connectivity index (χ3v) is 2.30. The minimum absolute atomic E-state index is 0. The topological polar surface area (TPSA) is 75.7 Å². The van der Waals surface area contributed by atoms with E-state index in [1.807, 2.05) is 0 Å². The smallest absolute Gasteiger partial charge is 0.872 e. The van der Waals surface area contributed by atoms with Crippen molar-refractivity contribution in [2.24, 2.45) is 0 Å². The first-order valence-corrected chi connectivity index (χ1v) is 5.00. The molecule has 0 aliphatic heterocycles. The van der Waals surface area contributed by atoms with E-state index in [9.17, 15) is 14.7 Å². The number of esters is 2. The summed E-state index contributed by atoms with van der Waals surface area (Å²) in [5.74, 6) is -1.29. The molecule has 0 aromatic heterocycles. The maximum atomic E-state index is 11.9. The van der Waals surface area contributed by atoms with Crippen LogP contribution in [0.5, 0.6) is 5.75 Å². The molecule has 0 fully saturated rings. The Hall–Kier alpha value is -1.04. The van der Waals surface area contributed by atoms with Crippen LogP contribution < -0.4 is 34.7 Å². The maximum absolute atomic E-state index is 11.9. The SMILES string of the molecule is COC(=O)Cc1cccc(CC(=O)OC)c1[O-].[Na+]. The average molecular weight is 260 g/mol. The van der Waals surface area contributed by atoms with Crippen LogP contribution in [0.3, 0.4) is 0 Å². The van der Waals surface area contributed by atoms with Gasteiger partial charge in [-0.25, -0.2) is 0 Å². The molecule has 0 spiro atoms. The first-order chi connectivity index (χ1) is 8.08. The van der Waals surface area contributed by atoms with Gasteiger partial charge in [0.15, 0.2) is 0 Å². The molecule has 1 aromatic carbocycles. The van der Waals surface area contributed by atoms with Gasteiger partial charge in [-0.05, 0) is 11.1 Å². The molecule has 5 nitrogen and oxygen atoms in total. The molecule has 0 aliphatic carbocycles. The van der Waals surface area contributed by atoms with Gasteiger partial charge < -0.3 is 14.6 Å². The van der Waals surface area contributed by atoms with Crippen molar-refractivity contribution in [3.63, 3.8) is 0 Å². The van der Waals surface area contributed by atoms with Gasteiger partial charge in [-0.2, -0.15) is 0 Å². The van der Waals surface area contributed by atoms with E-state index in [0.29, 0.717) is 11.1 Å². The Morgan fingerprint density at radius 3 is 1.78 bits per heavy atom. The normalized spacial score (nSPS) is 9.22. The molecule has 92 valence electrons. The van der Waals surface area contributed by atoms with Crippen LogP contribution in [0.4, 0.5) is 0 Å². The molecular weight excluding hydrogens is 247 g/mol. The van der Waals surface area contributed by atoms with Gasteiger partial charge in [0.1, 0.15) is 0 Å². The summed E-state index contributed by atoms with van der Waals surface area (Å²) in [6.45, 7) is 0. The van der Waals surface area contributed by atoms with Gasteiger partial charge >= 0.3 is 41.5 Å². The third kappa shape index (κ3) is 4.68. The van der Waals surface area contributed by atoms with Gasteiger partial charge in [-0.15, -0.1) is 5.75 Å². The van der Waals surface area contributed by atoms with E-state index >= 15 is 0 Å². The fourth-order valence-corrected chi connectivity index (χ4v) is 1.37. The first kappa shape index (κ1) is 17.0. The number of hydrogen-bond donors (Lipinski definition) is 0. The van der Waals surface area contributed by atoms with Gasteiger partial charge in [-0.1, -0.05) is 18.2 Å². The van der Waals surface area contributed by atoms with E-state index in [1.165, 1.54) is 14.2 Å². The van der Waals surface area contributed by atoms with Crippen molar-refractivity contribution in [2.75, 3.05) is 14.2 Å². The number of methoxy groups -OCH3 is 2. The van der Waals surface area contributed by atoms with Gasteiger partial charge in [0, 0.05) is 0 Å². The van der Waals surface area contributed by atoms with E-state index < -0.39 is 11.9 Å². The van der Waals surface area contributed by atoms with E-state index in [1.54, 1.807) is 18.2 Å². The van der Waals surface area contributed by atoms with Crippen LogP contribution >= 0.6 is 0 Å². The van der Waals surface area contributed by atoms with E-state index in [-0.39, 0.29) is 48.1 Å². The van der Waals surface area contributed by atoms with Crippen molar-refractivity contribution < 1.29 is 53.7 Å². The minimum atomic E-state index is -0.489. The molecule has 0 saturated heterocycles. The van der Waals surface area contributed by atoms with Gasteiger partial charge in [-0.3, -0.25) is 9.59 Å². The number of hydrogen-bond acceptors (Lipinski definition) is 5. The first-order valence-electron chi connectivity index (χ1n) is 5.00. The Bertz CT molecular complexity index is 394. The molecule has 0 amide bonds. The summed E-state index contributed by atoms with van der Waals surface area (Å²) in [6.07, 6.45) is -0.186. The number of ether oxygens (including phenoxy) is 2. The fourth-order valence-electron chi connectivity index (χ4n) is 1.37. The van der Waals surface area contributed by atoms with Crippen LogP contribution in [-0.2, 0) is 31.9 Å². The maximum Gasteiger partial charge on any atom is 1.00 e. The van der Waals surface area contributed by atoms with E-state index in [2.05, 4.69) is 9.47 Å². The van der Waals surface area contributed by atoms with Crippen LogP contribution in [0.15, 0.2) is 18.2 Å². The predicted octanol–water partition coefficient (Wildman–Crippen LogP) is -2.80.